The van der Waals surface area contributed by atoms with Gasteiger partial charge in [0.25, 0.3) is 5.91 Å². The summed E-state index contributed by atoms with van der Waals surface area (Å²) in [5.74, 6) is 1.42. The molecule has 26 heavy (non-hydrogen) atoms. The van der Waals surface area contributed by atoms with E-state index in [1.54, 1.807) is 49.6 Å². The van der Waals surface area contributed by atoms with Crippen molar-refractivity contribution in [2.75, 3.05) is 7.11 Å². The number of benzene rings is 2. The molecule has 0 spiro atoms. The summed E-state index contributed by atoms with van der Waals surface area (Å²) in [5, 5.41) is 4.42. The number of carbonyl (C=O) groups is 1. The van der Waals surface area contributed by atoms with Crippen molar-refractivity contribution in [1.82, 2.24) is 5.43 Å². The van der Waals surface area contributed by atoms with E-state index in [0.29, 0.717) is 27.9 Å². The van der Waals surface area contributed by atoms with Crippen LogP contribution in [0.2, 0.25) is 5.02 Å². The van der Waals surface area contributed by atoms with Gasteiger partial charge in [0.05, 0.1) is 18.3 Å². The minimum absolute atomic E-state index is 0.309. The molecule has 1 heterocycles. The van der Waals surface area contributed by atoms with Crippen LogP contribution in [0.25, 0.3) is 11.3 Å². The largest absolute Gasteiger partial charge is 0.495 e. The molecule has 3 aromatic rings. The normalized spacial score (nSPS) is 10.9. The number of nitrogens with zero attached hydrogens (tertiary/aromatic N) is 1. The Hall–Kier alpha value is -2.57. The summed E-state index contributed by atoms with van der Waals surface area (Å²) in [4.78, 5) is 12.0. The molecule has 5 nitrogen and oxygen atoms in total. The van der Waals surface area contributed by atoms with E-state index in [0.717, 1.165) is 10.0 Å². The van der Waals surface area contributed by atoms with Crippen molar-refractivity contribution in [2.24, 2.45) is 5.10 Å². The Balaban J connectivity index is 1.67. The van der Waals surface area contributed by atoms with Gasteiger partial charge in [-0.3, -0.25) is 4.79 Å². The molecule has 1 amide bonds. The zero-order chi connectivity index (χ0) is 18.5. The van der Waals surface area contributed by atoms with Gasteiger partial charge in [0, 0.05) is 15.6 Å². The Morgan fingerprint density at radius 3 is 2.81 bits per heavy atom. The highest BCUT2D eigenvalue weighted by atomic mass is 79.9. The van der Waals surface area contributed by atoms with Crippen LogP contribution >= 0.6 is 27.5 Å². The van der Waals surface area contributed by atoms with Gasteiger partial charge in [-0.2, -0.15) is 5.10 Å². The molecule has 0 radical (unpaired) electrons. The molecule has 1 N–H and O–H groups in total. The molecule has 3 rings (SSSR count). The molecule has 0 fully saturated rings. The minimum atomic E-state index is -0.309. The summed E-state index contributed by atoms with van der Waals surface area (Å²) < 4.78 is 11.7. The molecule has 0 atom stereocenters. The molecular weight excluding hydrogens is 420 g/mol. The smallest absolute Gasteiger partial charge is 0.271 e. The number of carbonyl (C=O) groups excluding carboxylic acids is 1. The van der Waals surface area contributed by atoms with E-state index >= 15 is 0 Å². The van der Waals surface area contributed by atoms with Crippen molar-refractivity contribution in [1.29, 1.82) is 0 Å². The van der Waals surface area contributed by atoms with Gasteiger partial charge in [0.1, 0.15) is 17.3 Å². The molecule has 1 aromatic heterocycles. The average Bonchev–Trinajstić information content (AvgIpc) is 3.10. The van der Waals surface area contributed by atoms with Gasteiger partial charge < -0.3 is 9.15 Å². The highest BCUT2D eigenvalue weighted by molar-refractivity contribution is 9.10. The minimum Gasteiger partial charge on any atom is -0.495 e. The van der Waals surface area contributed by atoms with Crippen LogP contribution in [0.15, 0.2) is 68.6 Å². The fourth-order valence-corrected chi connectivity index (χ4v) is 2.90. The van der Waals surface area contributed by atoms with E-state index in [-0.39, 0.29) is 5.91 Å². The lowest BCUT2D eigenvalue weighted by Crippen LogP contribution is -2.17. The number of hydrogen-bond donors (Lipinski definition) is 1. The third-order valence-electron chi connectivity index (χ3n) is 3.51. The van der Waals surface area contributed by atoms with Crippen LogP contribution in [0.1, 0.15) is 16.1 Å². The van der Waals surface area contributed by atoms with Crippen molar-refractivity contribution < 1.29 is 13.9 Å². The van der Waals surface area contributed by atoms with Crippen LogP contribution in [0.3, 0.4) is 0 Å². The summed E-state index contributed by atoms with van der Waals surface area (Å²) in [6.45, 7) is 0. The molecule has 0 saturated heterocycles. The van der Waals surface area contributed by atoms with Crippen LogP contribution < -0.4 is 10.2 Å². The second kappa shape index (κ2) is 8.21. The number of nitrogens with one attached hydrogen (secondary N) is 1. The molecule has 0 saturated carbocycles. The number of furan rings is 1. The van der Waals surface area contributed by atoms with Gasteiger partial charge in [0.15, 0.2) is 0 Å². The number of hydrogen-bond acceptors (Lipinski definition) is 4. The Bertz CT molecular complexity index is 969. The average molecular weight is 434 g/mol. The van der Waals surface area contributed by atoms with Gasteiger partial charge in [-0.15, -0.1) is 0 Å². The maximum absolute atomic E-state index is 12.0. The van der Waals surface area contributed by atoms with E-state index in [1.807, 2.05) is 12.1 Å². The van der Waals surface area contributed by atoms with Crippen LogP contribution in [-0.4, -0.2) is 19.2 Å². The third-order valence-corrected chi connectivity index (χ3v) is 4.30. The maximum Gasteiger partial charge on any atom is 0.271 e. The van der Waals surface area contributed by atoms with Crippen molar-refractivity contribution >= 4 is 39.7 Å². The Kier molecular flexibility index (Phi) is 5.75. The first-order valence-electron chi connectivity index (χ1n) is 7.59. The molecule has 132 valence electrons. The molecule has 0 aliphatic heterocycles. The Morgan fingerprint density at radius 1 is 1.23 bits per heavy atom. The summed E-state index contributed by atoms with van der Waals surface area (Å²) in [7, 11) is 1.56. The highest BCUT2D eigenvalue weighted by Crippen LogP contribution is 2.30. The standard InChI is InChI=1S/C19H14BrClN2O3/c1-25-18-7-5-12(10-16(18)21)17-8-6-15(26-17)11-22-23-19(24)13-3-2-4-14(20)9-13/h2-11H,1H3,(H,23,24)/b22-11+. The first kappa shape index (κ1) is 18.2. The lowest BCUT2D eigenvalue weighted by molar-refractivity contribution is 0.0955. The van der Waals surface area contributed by atoms with Gasteiger partial charge in [0.2, 0.25) is 0 Å². The fraction of sp³-hybridized carbons (Fsp3) is 0.0526. The van der Waals surface area contributed by atoms with E-state index in [9.17, 15) is 4.79 Å². The van der Waals surface area contributed by atoms with Crippen LogP contribution in [0.5, 0.6) is 5.75 Å². The number of methoxy groups -OCH3 is 1. The van der Waals surface area contributed by atoms with Gasteiger partial charge >= 0.3 is 0 Å². The lowest BCUT2D eigenvalue weighted by Gasteiger charge is -2.04. The third kappa shape index (κ3) is 4.33. The first-order chi connectivity index (χ1) is 12.6. The summed E-state index contributed by atoms with van der Waals surface area (Å²) in [5.41, 5.74) is 3.78. The zero-order valence-corrected chi connectivity index (χ0v) is 16.0. The van der Waals surface area contributed by atoms with E-state index in [1.165, 1.54) is 6.21 Å². The number of ether oxygens (including phenoxy) is 1. The SMILES string of the molecule is COc1ccc(-c2ccc(/C=N/NC(=O)c3cccc(Br)c3)o2)cc1Cl. The molecule has 2 aromatic carbocycles. The van der Waals surface area contributed by atoms with Gasteiger partial charge in [-0.1, -0.05) is 33.6 Å². The lowest BCUT2D eigenvalue weighted by atomic mass is 10.2. The second-order valence-electron chi connectivity index (χ2n) is 5.26. The highest BCUT2D eigenvalue weighted by Gasteiger charge is 2.08. The number of hydrazone groups is 1. The van der Waals surface area contributed by atoms with E-state index < -0.39 is 0 Å². The number of rotatable bonds is 5. The van der Waals surface area contributed by atoms with Crippen molar-refractivity contribution in [2.45, 2.75) is 0 Å². The number of halogens is 2. The maximum atomic E-state index is 12.0. The quantitative estimate of drug-likeness (QED) is 0.448. The monoisotopic (exact) mass is 432 g/mol. The molecular formula is C19H14BrClN2O3. The van der Waals surface area contributed by atoms with Gasteiger partial charge in [-0.05, 0) is 48.5 Å². The van der Waals surface area contributed by atoms with Gasteiger partial charge in [-0.25, -0.2) is 5.43 Å². The molecule has 7 heteroatoms. The van der Waals surface area contributed by atoms with E-state index in [4.69, 9.17) is 20.8 Å². The summed E-state index contributed by atoms with van der Waals surface area (Å²) >= 11 is 9.45. The summed E-state index contributed by atoms with van der Waals surface area (Å²) in [6, 6.07) is 16.0. The molecule has 0 unspecified atom stereocenters. The first-order valence-corrected chi connectivity index (χ1v) is 8.76. The van der Waals surface area contributed by atoms with Crippen molar-refractivity contribution in [3.63, 3.8) is 0 Å². The zero-order valence-electron chi connectivity index (χ0n) is 13.7. The predicted octanol–water partition coefficient (Wildman–Crippen LogP) is 5.14. The van der Waals surface area contributed by atoms with Crippen LogP contribution in [0, 0.1) is 0 Å². The topological polar surface area (TPSA) is 63.8 Å². The molecule has 0 aliphatic carbocycles. The van der Waals surface area contributed by atoms with E-state index in [2.05, 4.69) is 26.5 Å². The number of amides is 1. The van der Waals surface area contributed by atoms with Crippen LogP contribution in [0.4, 0.5) is 0 Å². The van der Waals surface area contributed by atoms with Crippen molar-refractivity contribution in [3.8, 4) is 17.1 Å². The second-order valence-corrected chi connectivity index (χ2v) is 6.58. The fourth-order valence-electron chi connectivity index (χ4n) is 2.25. The predicted molar refractivity (Wildman–Crippen MR) is 105 cm³/mol. The molecule has 0 aliphatic rings. The van der Waals surface area contributed by atoms with Crippen LogP contribution in [-0.2, 0) is 0 Å². The Labute approximate surface area is 163 Å². The molecule has 0 bridgehead atoms. The Morgan fingerprint density at radius 2 is 2.08 bits per heavy atom. The summed E-state index contributed by atoms with van der Waals surface area (Å²) in [6.07, 6.45) is 1.44. The van der Waals surface area contributed by atoms with Crippen molar-refractivity contribution in [3.05, 3.63) is 75.4 Å².